The van der Waals surface area contributed by atoms with Crippen LogP contribution in [0.5, 0.6) is 0 Å². The molecule has 1 aromatic heterocycles. The van der Waals surface area contributed by atoms with Crippen molar-refractivity contribution in [3.8, 4) is 0 Å². The first-order valence-electron chi connectivity index (χ1n) is 6.20. The summed E-state index contributed by atoms with van der Waals surface area (Å²) in [5, 5.41) is 1.06. The van der Waals surface area contributed by atoms with Gasteiger partial charge in [-0.3, -0.25) is 4.57 Å². The number of fused-ring (bicyclic) bond motifs is 1. The Morgan fingerprint density at radius 1 is 1.28 bits per heavy atom. The Labute approximate surface area is 107 Å². The summed E-state index contributed by atoms with van der Waals surface area (Å²) in [5.41, 5.74) is 1.64. The second-order valence-electron chi connectivity index (χ2n) is 4.81. The number of nitrogens with zero attached hydrogens (tertiary/aromatic N) is 3. The normalized spacial score (nSPS) is 11.3. The highest BCUT2D eigenvalue weighted by molar-refractivity contribution is 5.80. The molecule has 96 valence electrons. The van der Waals surface area contributed by atoms with Crippen LogP contribution >= 0.6 is 0 Å². The average molecular weight is 245 g/mol. The van der Waals surface area contributed by atoms with Crippen LogP contribution in [-0.2, 0) is 6.54 Å². The van der Waals surface area contributed by atoms with E-state index >= 15 is 0 Å². The van der Waals surface area contributed by atoms with Gasteiger partial charge >= 0.3 is 5.69 Å². The number of hydrogen-bond acceptors (Lipinski definition) is 3. The zero-order valence-electron chi connectivity index (χ0n) is 11.2. The minimum atomic E-state index is -0.148. The van der Waals surface area contributed by atoms with Crippen LogP contribution in [-0.4, -0.2) is 35.1 Å². The lowest BCUT2D eigenvalue weighted by Gasteiger charge is -2.13. The minimum Gasteiger partial charge on any atom is -0.309 e. The van der Waals surface area contributed by atoms with E-state index in [9.17, 15) is 4.79 Å². The molecule has 18 heavy (non-hydrogen) atoms. The Morgan fingerprint density at radius 3 is 2.72 bits per heavy atom. The SMILES string of the molecule is Cc1nc(=O)n(CCCN(C)C)c2ccccc12. The summed E-state index contributed by atoms with van der Waals surface area (Å²) in [6.07, 6.45) is 0.946. The molecule has 0 radical (unpaired) electrons. The van der Waals surface area contributed by atoms with E-state index in [1.165, 1.54) is 0 Å². The van der Waals surface area contributed by atoms with Gasteiger partial charge in [-0.05, 0) is 40.1 Å². The van der Waals surface area contributed by atoms with Gasteiger partial charge < -0.3 is 4.90 Å². The van der Waals surface area contributed by atoms with Gasteiger partial charge in [0.15, 0.2) is 0 Å². The molecule has 0 aliphatic heterocycles. The number of rotatable bonds is 4. The summed E-state index contributed by atoms with van der Waals surface area (Å²) in [4.78, 5) is 18.2. The van der Waals surface area contributed by atoms with Crippen LogP contribution in [0.2, 0.25) is 0 Å². The number of benzene rings is 1. The van der Waals surface area contributed by atoms with E-state index in [1.807, 2.05) is 45.3 Å². The molecule has 2 rings (SSSR count). The molecule has 0 fully saturated rings. The molecule has 0 unspecified atom stereocenters. The van der Waals surface area contributed by atoms with E-state index in [4.69, 9.17) is 0 Å². The van der Waals surface area contributed by atoms with Gasteiger partial charge in [0, 0.05) is 11.9 Å². The maximum atomic E-state index is 12.0. The van der Waals surface area contributed by atoms with Crippen molar-refractivity contribution in [3.63, 3.8) is 0 Å². The molecule has 0 aliphatic rings. The van der Waals surface area contributed by atoms with E-state index in [2.05, 4.69) is 9.88 Å². The van der Waals surface area contributed by atoms with Gasteiger partial charge in [-0.1, -0.05) is 18.2 Å². The molecule has 0 aliphatic carbocycles. The van der Waals surface area contributed by atoms with Crippen molar-refractivity contribution in [1.29, 1.82) is 0 Å². The predicted molar refractivity (Wildman–Crippen MR) is 73.9 cm³/mol. The van der Waals surface area contributed by atoms with Gasteiger partial charge in [0.2, 0.25) is 0 Å². The van der Waals surface area contributed by atoms with E-state index < -0.39 is 0 Å². The Kier molecular flexibility index (Phi) is 3.77. The maximum absolute atomic E-state index is 12.0. The zero-order chi connectivity index (χ0) is 13.1. The molecule has 0 saturated heterocycles. The molecule has 2 aromatic rings. The topological polar surface area (TPSA) is 38.1 Å². The van der Waals surface area contributed by atoms with Crippen LogP contribution < -0.4 is 5.69 Å². The largest absolute Gasteiger partial charge is 0.348 e. The van der Waals surface area contributed by atoms with E-state index in [0.717, 1.165) is 29.6 Å². The molecule has 4 heteroatoms. The highest BCUT2D eigenvalue weighted by Gasteiger charge is 2.06. The lowest BCUT2D eigenvalue weighted by molar-refractivity contribution is 0.386. The second kappa shape index (κ2) is 5.31. The van der Waals surface area contributed by atoms with E-state index in [1.54, 1.807) is 4.57 Å². The number of aryl methyl sites for hydroxylation is 2. The van der Waals surface area contributed by atoms with Gasteiger partial charge in [-0.25, -0.2) is 4.79 Å². The van der Waals surface area contributed by atoms with Crippen LogP contribution in [0.4, 0.5) is 0 Å². The van der Waals surface area contributed by atoms with Crippen molar-refractivity contribution in [2.24, 2.45) is 0 Å². The third kappa shape index (κ3) is 2.59. The number of aromatic nitrogens is 2. The maximum Gasteiger partial charge on any atom is 0.348 e. The van der Waals surface area contributed by atoms with Crippen molar-refractivity contribution < 1.29 is 0 Å². The number of hydrogen-bond donors (Lipinski definition) is 0. The molecule has 0 amide bonds. The molecule has 0 bridgehead atoms. The summed E-state index contributed by atoms with van der Waals surface area (Å²) in [7, 11) is 4.07. The third-order valence-electron chi connectivity index (χ3n) is 3.07. The smallest absolute Gasteiger partial charge is 0.309 e. The fourth-order valence-corrected chi connectivity index (χ4v) is 2.14. The molecule has 0 atom stereocenters. The van der Waals surface area contributed by atoms with Gasteiger partial charge in [0.05, 0.1) is 11.2 Å². The van der Waals surface area contributed by atoms with Crippen molar-refractivity contribution in [2.45, 2.75) is 19.9 Å². The predicted octanol–water partition coefficient (Wildman–Crippen LogP) is 1.66. The average Bonchev–Trinajstić information content (AvgIpc) is 2.33. The van der Waals surface area contributed by atoms with E-state index in [-0.39, 0.29) is 5.69 Å². The van der Waals surface area contributed by atoms with Gasteiger partial charge in [0.1, 0.15) is 0 Å². The van der Waals surface area contributed by atoms with Crippen molar-refractivity contribution in [1.82, 2.24) is 14.5 Å². The quantitative estimate of drug-likeness (QED) is 0.822. The molecule has 0 spiro atoms. The highest BCUT2D eigenvalue weighted by atomic mass is 16.1. The molecule has 4 nitrogen and oxygen atoms in total. The Balaban J connectivity index is 2.40. The Morgan fingerprint density at radius 2 is 2.00 bits per heavy atom. The fourth-order valence-electron chi connectivity index (χ4n) is 2.14. The minimum absolute atomic E-state index is 0.148. The van der Waals surface area contributed by atoms with Crippen LogP contribution in [0.25, 0.3) is 10.9 Å². The third-order valence-corrected chi connectivity index (χ3v) is 3.07. The van der Waals surface area contributed by atoms with Crippen LogP contribution in [0.1, 0.15) is 12.1 Å². The monoisotopic (exact) mass is 245 g/mol. The summed E-state index contributed by atoms with van der Waals surface area (Å²) in [6.45, 7) is 3.56. The lowest BCUT2D eigenvalue weighted by Crippen LogP contribution is -2.26. The highest BCUT2D eigenvalue weighted by Crippen LogP contribution is 2.14. The molecule has 1 heterocycles. The molecular weight excluding hydrogens is 226 g/mol. The lowest BCUT2D eigenvalue weighted by atomic mass is 10.2. The molecule has 0 N–H and O–H groups in total. The van der Waals surface area contributed by atoms with Gasteiger partial charge in [0.25, 0.3) is 0 Å². The van der Waals surface area contributed by atoms with Crippen molar-refractivity contribution in [3.05, 3.63) is 40.4 Å². The Hall–Kier alpha value is -1.68. The van der Waals surface area contributed by atoms with Gasteiger partial charge in [-0.15, -0.1) is 0 Å². The van der Waals surface area contributed by atoms with E-state index in [0.29, 0.717) is 6.54 Å². The molecular formula is C14H19N3O. The summed E-state index contributed by atoms with van der Waals surface area (Å²) in [6, 6.07) is 7.94. The number of para-hydroxylation sites is 1. The summed E-state index contributed by atoms with van der Waals surface area (Å²) >= 11 is 0. The summed E-state index contributed by atoms with van der Waals surface area (Å²) < 4.78 is 1.77. The molecule has 1 aromatic carbocycles. The fraction of sp³-hybridized carbons (Fsp3) is 0.429. The van der Waals surface area contributed by atoms with Crippen LogP contribution in [0.15, 0.2) is 29.1 Å². The molecule has 0 saturated carbocycles. The zero-order valence-corrected chi connectivity index (χ0v) is 11.2. The van der Waals surface area contributed by atoms with Crippen molar-refractivity contribution in [2.75, 3.05) is 20.6 Å². The Bertz CT molecular complexity index is 602. The first-order valence-corrected chi connectivity index (χ1v) is 6.20. The van der Waals surface area contributed by atoms with Crippen LogP contribution in [0.3, 0.4) is 0 Å². The second-order valence-corrected chi connectivity index (χ2v) is 4.81. The first kappa shape index (κ1) is 12.8. The summed E-state index contributed by atoms with van der Waals surface area (Å²) in [5.74, 6) is 0. The standard InChI is InChI=1S/C14H19N3O/c1-11-12-7-4-5-8-13(12)17(14(18)15-11)10-6-9-16(2)3/h4-5,7-8H,6,9-10H2,1-3H3. The van der Waals surface area contributed by atoms with Crippen LogP contribution in [0, 0.1) is 6.92 Å². The first-order chi connectivity index (χ1) is 8.59. The van der Waals surface area contributed by atoms with Gasteiger partial charge in [-0.2, -0.15) is 4.98 Å². The van der Waals surface area contributed by atoms with Crippen molar-refractivity contribution >= 4 is 10.9 Å².